The Balaban J connectivity index is 2.46. The molecule has 0 radical (unpaired) electrons. The summed E-state index contributed by atoms with van der Waals surface area (Å²) in [6.45, 7) is 7.53. The fourth-order valence-corrected chi connectivity index (χ4v) is 3.36. The lowest BCUT2D eigenvalue weighted by atomic mass is 9.90. The Morgan fingerprint density at radius 1 is 1.27 bits per heavy atom. The molecule has 0 saturated carbocycles. The average molecular weight is 384 g/mol. The Labute approximate surface area is 158 Å². The zero-order valence-corrected chi connectivity index (χ0v) is 17.7. The Hall–Kier alpha value is -1.76. The van der Waals surface area contributed by atoms with E-state index in [1.54, 1.807) is 14.2 Å². The molecular formula is C19H33N3O3S. The molecule has 1 aromatic carbocycles. The van der Waals surface area contributed by atoms with Crippen LogP contribution in [0.15, 0.2) is 23.2 Å². The number of guanidine groups is 1. The fourth-order valence-electron chi connectivity index (χ4n) is 2.44. The van der Waals surface area contributed by atoms with Gasteiger partial charge < -0.3 is 15.4 Å². The number of hydrogen-bond donors (Lipinski definition) is 2. The van der Waals surface area contributed by atoms with Gasteiger partial charge in [-0.1, -0.05) is 26.0 Å². The molecule has 0 atom stereocenters. The van der Waals surface area contributed by atoms with Crippen molar-refractivity contribution in [2.45, 2.75) is 33.6 Å². The van der Waals surface area contributed by atoms with Crippen molar-refractivity contribution in [2.24, 2.45) is 10.4 Å². The Morgan fingerprint density at radius 2 is 1.96 bits per heavy atom. The molecule has 0 unspecified atom stereocenters. The number of nitrogens with zero attached hydrogens (tertiary/aromatic N) is 1. The lowest BCUT2D eigenvalue weighted by Gasteiger charge is -2.25. The van der Waals surface area contributed by atoms with Gasteiger partial charge in [-0.15, -0.1) is 0 Å². The van der Waals surface area contributed by atoms with Gasteiger partial charge in [0.15, 0.2) is 5.96 Å². The second kappa shape index (κ2) is 9.80. The molecular weight excluding hydrogens is 350 g/mol. The minimum atomic E-state index is -2.94. The zero-order valence-electron chi connectivity index (χ0n) is 16.8. The first-order valence-corrected chi connectivity index (χ1v) is 10.9. The average Bonchev–Trinajstić information content (AvgIpc) is 2.57. The molecule has 0 fully saturated rings. The van der Waals surface area contributed by atoms with E-state index in [4.69, 9.17) is 4.74 Å². The second-order valence-corrected chi connectivity index (χ2v) is 9.71. The summed E-state index contributed by atoms with van der Waals surface area (Å²) >= 11 is 0. The van der Waals surface area contributed by atoms with Gasteiger partial charge in [0.25, 0.3) is 0 Å². The van der Waals surface area contributed by atoms with Crippen LogP contribution < -0.4 is 15.4 Å². The van der Waals surface area contributed by atoms with E-state index in [2.05, 4.69) is 47.7 Å². The predicted molar refractivity (Wildman–Crippen MR) is 109 cm³/mol. The summed E-state index contributed by atoms with van der Waals surface area (Å²) in [4.78, 5) is 4.23. The third-order valence-corrected chi connectivity index (χ3v) is 5.23. The second-order valence-electron chi connectivity index (χ2n) is 7.45. The van der Waals surface area contributed by atoms with E-state index in [0.29, 0.717) is 13.0 Å². The largest absolute Gasteiger partial charge is 0.496 e. The van der Waals surface area contributed by atoms with E-state index in [9.17, 15) is 8.42 Å². The van der Waals surface area contributed by atoms with E-state index < -0.39 is 9.84 Å². The molecule has 1 rings (SSSR count). The van der Waals surface area contributed by atoms with Crippen LogP contribution in [0.25, 0.3) is 0 Å². The molecule has 0 aliphatic carbocycles. The number of ether oxygens (including phenoxy) is 1. The number of rotatable bonds is 9. The standard InChI is InChI=1S/C19H33N3O3S/c1-15-7-8-16(13-17(15)25-5)9-11-21-18(20-4)22-14-19(2,3)10-12-26(6,23)24/h7-8,13H,9-12,14H2,1-6H3,(H2,20,21,22). The lowest BCUT2D eigenvalue weighted by Crippen LogP contribution is -2.43. The van der Waals surface area contributed by atoms with Crippen molar-refractivity contribution in [3.63, 3.8) is 0 Å². The summed E-state index contributed by atoms with van der Waals surface area (Å²) in [6, 6.07) is 6.22. The molecule has 0 amide bonds. The van der Waals surface area contributed by atoms with Gasteiger partial charge in [-0.05, 0) is 42.4 Å². The smallest absolute Gasteiger partial charge is 0.191 e. The quantitative estimate of drug-likeness (QED) is 0.505. The van der Waals surface area contributed by atoms with E-state index in [1.807, 2.05) is 6.92 Å². The van der Waals surface area contributed by atoms with Gasteiger partial charge in [0.1, 0.15) is 15.6 Å². The maximum Gasteiger partial charge on any atom is 0.191 e. The van der Waals surface area contributed by atoms with Crippen LogP contribution in [0.4, 0.5) is 0 Å². The number of aryl methyl sites for hydroxylation is 1. The van der Waals surface area contributed by atoms with Crippen LogP contribution in [0.2, 0.25) is 0 Å². The van der Waals surface area contributed by atoms with Crippen LogP contribution in [0.1, 0.15) is 31.4 Å². The molecule has 2 N–H and O–H groups in total. The molecule has 6 nitrogen and oxygen atoms in total. The summed E-state index contributed by atoms with van der Waals surface area (Å²) in [7, 11) is 0.473. The summed E-state index contributed by atoms with van der Waals surface area (Å²) in [5.74, 6) is 1.82. The van der Waals surface area contributed by atoms with Gasteiger partial charge in [0.2, 0.25) is 0 Å². The molecule has 1 aromatic rings. The number of sulfone groups is 1. The maximum absolute atomic E-state index is 11.3. The van der Waals surface area contributed by atoms with Gasteiger partial charge in [0, 0.05) is 26.4 Å². The van der Waals surface area contributed by atoms with E-state index in [-0.39, 0.29) is 11.2 Å². The van der Waals surface area contributed by atoms with Gasteiger partial charge in [-0.25, -0.2) is 8.42 Å². The van der Waals surface area contributed by atoms with Crippen molar-refractivity contribution in [1.29, 1.82) is 0 Å². The fraction of sp³-hybridized carbons (Fsp3) is 0.632. The highest BCUT2D eigenvalue weighted by Gasteiger charge is 2.20. The Kier molecular flexibility index (Phi) is 8.40. The molecule has 0 bridgehead atoms. The van der Waals surface area contributed by atoms with Crippen molar-refractivity contribution in [3.05, 3.63) is 29.3 Å². The Morgan fingerprint density at radius 3 is 2.54 bits per heavy atom. The molecule has 7 heteroatoms. The minimum Gasteiger partial charge on any atom is -0.496 e. The first kappa shape index (κ1) is 22.3. The third-order valence-electron chi connectivity index (χ3n) is 4.29. The van der Waals surface area contributed by atoms with Gasteiger partial charge >= 0.3 is 0 Å². The van der Waals surface area contributed by atoms with E-state index in [1.165, 1.54) is 11.8 Å². The van der Waals surface area contributed by atoms with Crippen molar-refractivity contribution >= 4 is 15.8 Å². The van der Waals surface area contributed by atoms with Crippen LogP contribution in [-0.4, -0.2) is 53.6 Å². The van der Waals surface area contributed by atoms with Crippen molar-refractivity contribution in [3.8, 4) is 5.75 Å². The Bertz CT molecular complexity index is 713. The van der Waals surface area contributed by atoms with Crippen LogP contribution in [0, 0.1) is 12.3 Å². The molecule has 148 valence electrons. The van der Waals surface area contributed by atoms with Crippen molar-refractivity contribution < 1.29 is 13.2 Å². The van der Waals surface area contributed by atoms with Crippen molar-refractivity contribution in [2.75, 3.05) is 39.3 Å². The predicted octanol–water partition coefficient (Wildman–Crippen LogP) is 2.17. The molecule has 0 aliphatic heterocycles. The number of hydrogen-bond acceptors (Lipinski definition) is 4. The van der Waals surface area contributed by atoms with Crippen LogP contribution in [0.3, 0.4) is 0 Å². The molecule has 0 heterocycles. The number of benzene rings is 1. The number of aliphatic imine (C=N–C) groups is 1. The molecule has 0 aliphatic rings. The number of nitrogens with one attached hydrogen (secondary N) is 2. The normalized spacial score (nSPS) is 12.8. The van der Waals surface area contributed by atoms with E-state index >= 15 is 0 Å². The topological polar surface area (TPSA) is 79.8 Å². The summed E-state index contributed by atoms with van der Waals surface area (Å²) in [6.07, 6.45) is 2.74. The van der Waals surface area contributed by atoms with Gasteiger partial charge in [0.05, 0.1) is 12.9 Å². The highest BCUT2D eigenvalue weighted by atomic mass is 32.2. The minimum absolute atomic E-state index is 0.134. The molecule has 0 saturated heterocycles. The molecule has 26 heavy (non-hydrogen) atoms. The summed E-state index contributed by atoms with van der Waals surface area (Å²) < 4.78 is 28.1. The first-order valence-electron chi connectivity index (χ1n) is 8.82. The first-order chi connectivity index (χ1) is 12.1. The number of methoxy groups -OCH3 is 1. The summed E-state index contributed by atoms with van der Waals surface area (Å²) in [5, 5.41) is 6.58. The van der Waals surface area contributed by atoms with Gasteiger partial charge in [-0.2, -0.15) is 0 Å². The van der Waals surface area contributed by atoms with Crippen LogP contribution in [-0.2, 0) is 16.3 Å². The molecule has 0 spiro atoms. The summed E-state index contributed by atoms with van der Waals surface area (Å²) in [5.41, 5.74) is 2.19. The highest BCUT2D eigenvalue weighted by Crippen LogP contribution is 2.20. The van der Waals surface area contributed by atoms with Crippen LogP contribution in [0.5, 0.6) is 5.75 Å². The van der Waals surface area contributed by atoms with Crippen LogP contribution >= 0.6 is 0 Å². The SMILES string of the molecule is CN=C(NCCc1ccc(C)c(OC)c1)NCC(C)(C)CCS(C)(=O)=O. The lowest BCUT2D eigenvalue weighted by molar-refractivity contribution is 0.348. The van der Waals surface area contributed by atoms with E-state index in [0.717, 1.165) is 30.2 Å². The monoisotopic (exact) mass is 383 g/mol. The molecule has 0 aromatic heterocycles. The third kappa shape index (κ3) is 8.56. The van der Waals surface area contributed by atoms with Crippen molar-refractivity contribution in [1.82, 2.24) is 10.6 Å². The highest BCUT2D eigenvalue weighted by molar-refractivity contribution is 7.90. The maximum atomic E-state index is 11.3. The van der Waals surface area contributed by atoms with Gasteiger partial charge in [-0.3, -0.25) is 4.99 Å². The zero-order chi connectivity index (χ0) is 19.8.